The minimum atomic E-state index is -0.451. The molecule has 0 aliphatic carbocycles. The van der Waals surface area contributed by atoms with Crippen LogP contribution < -0.4 is 0 Å². The Bertz CT molecular complexity index is 665. The summed E-state index contributed by atoms with van der Waals surface area (Å²) in [5, 5.41) is 18.4. The van der Waals surface area contributed by atoms with Gasteiger partial charge in [-0.2, -0.15) is 40.5 Å². The third-order valence-corrected chi connectivity index (χ3v) is 7.03. The molecular weight excluding hydrogens is 609 g/mol. The van der Waals surface area contributed by atoms with Crippen LogP contribution in [0.15, 0.2) is 0 Å². The van der Waals surface area contributed by atoms with Gasteiger partial charge in [-0.05, 0) is 26.7 Å². The fourth-order valence-electron chi connectivity index (χ4n) is 3.36. The summed E-state index contributed by atoms with van der Waals surface area (Å²) in [4.78, 5) is 65.5. The standard InChI is InChI=1S/2C8H16O2.2C8H14O2.3H2S/c4*1-4-7(9)6(3)8(10)5-2;;;/h2*6-7,9H,4-5H2,1-3H3;2*6H,4-5H2,1-3H3;3*1H2/t6-,7+;6-,7-;;;;;/m00...../s1. The van der Waals surface area contributed by atoms with Crippen molar-refractivity contribution in [3.05, 3.63) is 0 Å². The molecule has 0 saturated heterocycles. The Morgan fingerprint density at radius 2 is 0.558 bits per heavy atom. The van der Waals surface area contributed by atoms with Crippen LogP contribution in [0, 0.1) is 23.7 Å². The number of aliphatic hydroxyl groups is 2. The van der Waals surface area contributed by atoms with E-state index in [1.54, 1.807) is 55.4 Å². The fraction of sp³-hybridized carbons (Fsp3) is 0.812. The quantitative estimate of drug-likeness (QED) is 0.183. The molecule has 11 heteroatoms. The van der Waals surface area contributed by atoms with Gasteiger partial charge >= 0.3 is 0 Å². The van der Waals surface area contributed by atoms with Crippen molar-refractivity contribution in [2.24, 2.45) is 23.7 Å². The summed E-state index contributed by atoms with van der Waals surface area (Å²) >= 11 is 0. The number of Topliss-reactive ketones (excluding diaryl/α,β-unsaturated/α-hetero) is 6. The second-order valence-corrected chi connectivity index (χ2v) is 9.89. The van der Waals surface area contributed by atoms with Crippen molar-refractivity contribution < 1.29 is 39.0 Å². The van der Waals surface area contributed by atoms with E-state index in [2.05, 4.69) is 0 Å². The van der Waals surface area contributed by atoms with E-state index in [9.17, 15) is 39.0 Å². The van der Waals surface area contributed by atoms with Gasteiger partial charge in [0.05, 0.1) is 24.0 Å². The molecule has 2 N–H and O–H groups in total. The van der Waals surface area contributed by atoms with E-state index in [4.69, 9.17) is 0 Å². The first-order valence-corrected chi connectivity index (χ1v) is 15.0. The topological polar surface area (TPSA) is 143 Å². The summed E-state index contributed by atoms with van der Waals surface area (Å²) in [6, 6.07) is 0. The third kappa shape index (κ3) is 28.2. The molecule has 0 rings (SSSR count). The van der Waals surface area contributed by atoms with Crippen molar-refractivity contribution in [2.75, 3.05) is 0 Å². The monoisotopic (exact) mass is 674 g/mol. The van der Waals surface area contributed by atoms with Gasteiger partial charge in [-0.15, -0.1) is 0 Å². The zero-order valence-electron chi connectivity index (χ0n) is 29.0. The molecule has 0 heterocycles. The molecule has 43 heavy (non-hydrogen) atoms. The normalized spacial score (nSPS) is 12.3. The van der Waals surface area contributed by atoms with E-state index in [0.29, 0.717) is 51.4 Å². The maximum Gasteiger partial charge on any atom is 0.142 e. The van der Waals surface area contributed by atoms with E-state index >= 15 is 0 Å². The number of rotatable bonds is 16. The maximum absolute atomic E-state index is 11.0. The van der Waals surface area contributed by atoms with Crippen molar-refractivity contribution in [3.63, 3.8) is 0 Å². The Labute approximate surface area is 283 Å². The summed E-state index contributed by atoms with van der Waals surface area (Å²) in [5.41, 5.74) is 0. The molecule has 0 bridgehead atoms. The van der Waals surface area contributed by atoms with Crippen LogP contribution in [-0.2, 0) is 28.8 Å². The van der Waals surface area contributed by atoms with Crippen LogP contribution in [0.5, 0.6) is 0 Å². The van der Waals surface area contributed by atoms with E-state index < -0.39 is 12.2 Å². The highest BCUT2D eigenvalue weighted by Crippen LogP contribution is 2.10. The summed E-state index contributed by atoms with van der Waals surface area (Å²) in [5.74, 6) is -0.643. The van der Waals surface area contributed by atoms with Crippen molar-refractivity contribution >= 4 is 75.2 Å². The molecule has 0 aromatic rings. The summed E-state index contributed by atoms with van der Waals surface area (Å²) in [6.45, 7) is 21.4. The van der Waals surface area contributed by atoms with Crippen LogP contribution in [0.3, 0.4) is 0 Å². The van der Waals surface area contributed by atoms with Crippen LogP contribution in [0.4, 0.5) is 0 Å². The van der Waals surface area contributed by atoms with Crippen molar-refractivity contribution in [3.8, 4) is 0 Å². The second-order valence-electron chi connectivity index (χ2n) is 9.89. The molecule has 0 aromatic heterocycles. The van der Waals surface area contributed by atoms with Gasteiger partial charge in [0.15, 0.2) is 0 Å². The van der Waals surface area contributed by atoms with Gasteiger partial charge in [-0.25, -0.2) is 0 Å². The Balaban J connectivity index is -0.0000000785. The Hall–Kier alpha value is -1.01. The minimum Gasteiger partial charge on any atom is -0.392 e. The average Bonchev–Trinajstić information content (AvgIpc) is 3.00. The van der Waals surface area contributed by atoms with Crippen LogP contribution in [0.2, 0.25) is 0 Å². The summed E-state index contributed by atoms with van der Waals surface area (Å²) < 4.78 is 0. The lowest BCUT2D eigenvalue weighted by molar-refractivity contribution is -0.133. The summed E-state index contributed by atoms with van der Waals surface area (Å²) in [7, 11) is 0. The van der Waals surface area contributed by atoms with Crippen LogP contribution in [-0.4, -0.2) is 57.1 Å². The predicted octanol–water partition coefficient (Wildman–Crippen LogP) is 6.24. The number of aliphatic hydroxyl groups excluding tert-OH is 2. The molecule has 0 amide bonds. The molecule has 8 nitrogen and oxygen atoms in total. The van der Waals surface area contributed by atoms with Gasteiger partial charge in [0.25, 0.3) is 0 Å². The fourth-order valence-corrected chi connectivity index (χ4v) is 3.36. The average molecular weight is 675 g/mol. The molecule has 260 valence electrons. The molecule has 0 saturated carbocycles. The van der Waals surface area contributed by atoms with Crippen molar-refractivity contribution in [2.45, 2.75) is 147 Å². The molecule has 0 aliphatic rings. The van der Waals surface area contributed by atoms with Gasteiger partial charge in [0.1, 0.15) is 34.7 Å². The molecule has 0 unspecified atom stereocenters. The minimum absolute atomic E-state index is 0. The Morgan fingerprint density at radius 3 is 0.674 bits per heavy atom. The van der Waals surface area contributed by atoms with E-state index in [1.807, 2.05) is 27.7 Å². The molecule has 0 spiro atoms. The van der Waals surface area contributed by atoms with Gasteiger partial charge < -0.3 is 10.2 Å². The molecule has 0 aromatic carbocycles. The molecule has 0 fully saturated rings. The van der Waals surface area contributed by atoms with Gasteiger partial charge in [-0.1, -0.05) is 69.2 Å². The number of ketones is 6. The van der Waals surface area contributed by atoms with E-state index in [0.717, 1.165) is 0 Å². The van der Waals surface area contributed by atoms with Crippen molar-refractivity contribution in [1.29, 1.82) is 0 Å². The molecular formula is C32H66O8S3. The Kier molecular flexibility index (Phi) is 47.5. The SMILES string of the molecule is CCC(=O)C(C)C(=O)CC.CCC(=O)C(C)C(=O)CC.CCC(=O)[C@@H](C)[C@@H](O)CC.CCC(=O)[C@@H](C)[C@H](O)CC.S.S.S. The van der Waals surface area contributed by atoms with E-state index in [1.165, 1.54) is 0 Å². The highest BCUT2D eigenvalue weighted by Gasteiger charge is 2.19. The molecule has 0 aliphatic heterocycles. The van der Waals surface area contributed by atoms with Gasteiger partial charge in [-0.3, -0.25) is 28.8 Å². The first-order valence-electron chi connectivity index (χ1n) is 15.0. The van der Waals surface area contributed by atoms with Gasteiger partial charge in [0, 0.05) is 50.4 Å². The number of hydrogen-bond acceptors (Lipinski definition) is 8. The zero-order chi connectivity index (χ0) is 32.6. The highest BCUT2D eigenvalue weighted by atomic mass is 32.1. The van der Waals surface area contributed by atoms with E-state index in [-0.39, 0.29) is 98.9 Å². The number of carbonyl (C=O) groups excluding carboxylic acids is 6. The third-order valence-electron chi connectivity index (χ3n) is 7.03. The lowest BCUT2D eigenvalue weighted by Crippen LogP contribution is -2.24. The lowest BCUT2D eigenvalue weighted by atomic mass is 9.96. The van der Waals surface area contributed by atoms with Crippen molar-refractivity contribution in [1.82, 2.24) is 0 Å². The van der Waals surface area contributed by atoms with Crippen LogP contribution in [0.25, 0.3) is 0 Å². The maximum atomic E-state index is 11.0. The Morgan fingerprint density at radius 1 is 0.395 bits per heavy atom. The first kappa shape index (κ1) is 57.6. The first-order chi connectivity index (χ1) is 18.5. The second kappa shape index (κ2) is 35.5. The predicted molar refractivity (Wildman–Crippen MR) is 192 cm³/mol. The largest absolute Gasteiger partial charge is 0.392 e. The number of carbonyl (C=O) groups is 6. The molecule has 0 radical (unpaired) electrons. The smallest absolute Gasteiger partial charge is 0.142 e. The van der Waals surface area contributed by atoms with Crippen LogP contribution >= 0.6 is 40.5 Å². The van der Waals surface area contributed by atoms with Crippen LogP contribution in [0.1, 0.15) is 134 Å². The zero-order valence-corrected chi connectivity index (χ0v) is 32.0. The lowest BCUT2D eigenvalue weighted by Gasteiger charge is -2.14. The highest BCUT2D eigenvalue weighted by molar-refractivity contribution is 7.59. The number of hydrogen-bond donors (Lipinski definition) is 2. The molecule has 4 atom stereocenters. The summed E-state index contributed by atoms with van der Waals surface area (Å²) in [6.07, 6.45) is 3.33. The van der Waals surface area contributed by atoms with Gasteiger partial charge in [0.2, 0.25) is 0 Å².